The maximum atomic E-state index is 13.2. The van der Waals surface area contributed by atoms with E-state index in [2.05, 4.69) is 22.0 Å². The molecule has 2 aromatic heterocycles. The number of para-hydroxylation sites is 1. The van der Waals surface area contributed by atoms with Gasteiger partial charge in [-0.1, -0.05) is 18.2 Å². The van der Waals surface area contributed by atoms with Crippen molar-refractivity contribution in [2.45, 2.75) is 25.8 Å². The monoisotopic (exact) mass is 400 g/mol. The van der Waals surface area contributed by atoms with Gasteiger partial charge in [0.2, 0.25) is 0 Å². The Kier molecular flexibility index (Phi) is 4.14. The Bertz CT molecular complexity index is 934. The van der Waals surface area contributed by atoms with Crippen LogP contribution in [0.5, 0.6) is 0 Å². The number of thiophene rings is 1. The van der Waals surface area contributed by atoms with Crippen molar-refractivity contribution >= 4 is 44.1 Å². The Morgan fingerprint density at radius 1 is 1.25 bits per heavy atom. The van der Waals surface area contributed by atoms with E-state index in [1.54, 1.807) is 11.3 Å². The largest absolute Gasteiger partial charge is 0.337 e. The number of amides is 1. The van der Waals surface area contributed by atoms with E-state index in [4.69, 9.17) is 4.98 Å². The Morgan fingerprint density at radius 3 is 2.88 bits per heavy atom. The van der Waals surface area contributed by atoms with Crippen LogP contribution in [0.25, 0.3) is 10.9 Å². The van der Waals surface area contributed by atoms with Gasteiger partial charge >= 0.3 is 0 Å². The Balaban J connectivity index is 1.76. The van der Waals surface area contributed by atoms with Gasteiger partial charge in [-0.05, 0) is 59.0 Å². The zero-order valence-corrected chi connectivity index (χ0v) is 15.8. The molecule has 0 spiro atoms. The molecule has 2 heterocycles. The van der Waals surface area contributed by atoms with Crippen LogP contribution in [0, 0.1) is 0 Å². The SMILES string of the molecule is CN(Cc1ccc(Br)s1)C(=O)c1c2c(nc3ccccc13)CCC2. The smallest absolute Gasteiger partial charge is 0.254 e. The Hall–Kier alpha value is -1.72. The molecule has 0 radical (unpaired) electrons. The van der Waals surface area contributed by atoms with Crippen LogP contribution in [0.1, 0.15) is 32.9 Å². The molecule has 0 bridgehead atoms. The first-order valence-corrected chi connectivity index (χ1v) is 9.64. The third-order valence-electron chi connectivity index (χ3n) is 4.50. The van der Waals surface area contributed by atoms with Gasteiger partial charge in [0.05, 0.1) is 21.4 Å². The second-order valence-electron chi connectivity index (χ2n) is 6.15. The standard InChI is InChI=1S/C19H17BrN2OS/c1-22(11-12-9-10-17(20)24-12)19(23)18-13-5-2-3-7-15(13)21-16-8-4-6-14(16)18/h2-3,5,7,9-10H,4,6,8,11H2,1H3. The van der Waals surface area contributed by atoms with E-state index in [9.17, 15) is 4.79 Å². The summed E-state index contributed by atoms with van der Waals surface area (Å²) in [6.07, 6.45) is 3.01. The molecule has 1 aromatic carbocycles. The van der Waals surface area contributed by atoms with E-state index in [0.717, 1.165) is 50.8 Å². The van der Waals surface area contributed by atoms with Gasteiger partial charge in [-0.25, -0.2) is 0 Å². The average Bonchev–Trinajstić information content (AvgIpc) is 3.20. The molecule has 122 valence electrons. The third kappa shape index (κ3) is 2.76. The van der Waals surface area contributed by atoms with Crippen molar-refractivity contribution in [3.05, 3.63) is 61.9 Å². The molecule has 0 aliphatic heterocycles. The van der Waals surface area contributed by atoms with Crippen LogP contribution in [-0.2, 0) is 19.4 Å². The van der Waals surface area contributed by atoms with Crippen molar-refractivity contribution < 1.29 is 4.79 Å². The number of carbonyl (C=O) groups is 1. The van der Waals surface area contributed by atoms with Crippen LogP contribution in [0.15, 0.2) is 40.2 Å². The normalized spacial score (nSPS) is 13.2. The average molecular weight is 401 g/mol. The summed E-state index contributed by atoms with van der Waals surface area (Å²) in [5.41, 5.74) is 4.03. The van der Waals surface area contributed by atoms with Crippen molar-refractivity contribution in [3.8, 4) is 0 Å². The molecule has 1 aliphatic carbocycles. The molecule has 3 nitrogen and oxygen atoms in total. The zero-order valence-electron chi connectivity index (χ0n) is 13.4. The van der Waals surface area contributed by atoms with Crippen molar-refractivity contribution in [2.75, 3.05) is 7.05 Å². The summed E-state index contributed by atoms with van der Waals surface area (Å²) in [5, 5.41) is 0.974. The number of hydrogen-bond donors (Lipinski definition) is 0. The lowest BCUT2D eigenvalue weighted by Crippen LogP contribution is -2.27. The van der Waals surface area contributed by atoms with Gasteiger partial charge in [0.15, 0.2) is 0 Å². The summed E-state index contributed by atoms with van der Waals surface area (Å²) in [5.74, 6) is 0.0938. The highest BCUT2D eigenvalue weighted by Gasteiger charge is 2.25. The summed E-state index contributed by atoms with van der Waals surface area (Å²) in [6, 6.07) is 12.1. The summed E-state index contributed by atoms with van der Waals surface area (Å²) in [4.78, 5) is 21.0. The van der Waals surface area contributed by atoms with Crippen molar-refractivity contribution in [1.82, 2.24) is 9.88 Å². The lowest BCUT2D eigenvalue weighted by Gasteiger charge is -2.19. The molecular weight excluding hydrogens is 384 g/mol. The predicted molar refractivity (Wildman–Crippen MR) is 102 cm³/mol. The number of pyridine rings is 1. The van der Waals surface area contributed by atoms with E-state index < -0.39 is 0 Å². The van der Waals surface area contributed by atoms with Crippen molar-refractivity contribution in [2.24, 2.45) is 0 Å². The maximum absolute atomic E-state index is 13.2. The van der Waals surface area contributed by atoms with Crippen LogP contribution < -0.4 is 0 Å². The Labute approximate surface area is 153 Å². The number of aryl methyl sites for hydroxylation is 1. The lowest BCUT2D eigenvalue weighted by molar-refractivity contribution is 0.0787. The van der Waals surface area contributed by atoms with Crippen LogP contribution in [-0.4, -0.2) is 22.8 Å². The molecular formula is C19H17BrN2OS. The number of nitrogens with zero attached hydrogens (tertiary/aromatic N) is 2. The molecule has 1 amide bonds. The molecule has 1 aliphatic rings. The van der Waals surface area contributed by atoms with Crippen molar-refractivity contribution in [3.63, 3.8) is 0 Å². The number of rotatable bonds is 3. The zero-order chi connectivity index (χ0) is 16.7. The predicted octanol–water partition coefficient (Wildman–Crippen LogP) is 4.82. The highest BCUT2D eigenvalue weighted by molar-refractivity contribution is 9.11. The quantitative estimate of drug-likeness (QED) is 0.631. The summed E-state index contributed by atoms with van der Waals surface area (Å²) >= 11 is 5.15. The van der Waals surface area contributed by atoms with Gasteiger partial charge in [-0.3, -0.25) is 9.78 Å². The summed E-state index contributed by atoms with van der Waals surface area (Å²) in [7, 11) is 1.88. The number of hydrogen-bond acceptors (Lipinski definition) is 3. The fourth-order valence-electron chi connectivity index (χ4n) is 3.39. The van der Waals surface area contributed by atoms with Crippen LogP contribution in [0.3, 0.4) is 0 Å². The molecule has 0 saturated carbocycles. The van der Waals surface area contributed by atoms with Gasteiger partial charge in [0, 0.05) is 23.0 Å². The van der Waals surface area contributed by atoms with E-state index in [1.807, 2.05) is 42.3 Å². The van der Waals surface area contributed by atoms with Crippen LogP contribution in [0.2, 0.25) is 0 Å². The third-order valence-corrected chi connectivity index (χ3v) is 6.11. The molecule has 5 heteroatoms. The van der Waals surface area contributed by atoms with Gasteiger partial charge in [0.1, 0.15) is 0 Å². The van der Waals surface area contributed by atoms with Gasteiger partial charge in [-0.2, -0.15) is 0 Å². The number of carbonyl (C=O) groups excluding carboxylic acids is 1. The fraction of sp³-hybridized carbons (Fsp3) is 0.263. The summed E-state index contributed by atoms with van der Waals surface area (Å²) in [6.45, 7) is 0.626. The minimum Gasteiger partial charge on any atom is -0.337 e. The highest BCUT2D eigenvalue weighted by Crippen LogP contribution is 2.31. The molecule has 0 unspecified atom stereocenters. The number of fused-ring (bicyclic) bond motifs is 2. The molecule has 0 atom stereocenters. The molecule has 0 saturated heterocycles. The minimum absolute atomic E-state index is 0.0938. The lowest BCUT2D eigenvalue weighted by atomic mass is 10.00. The van der Waals surface area contributed by atoms with Gasteiger partial charge in [-0.15, -0.1) is 11.3 Å². The minimum atomic E-state index is 0.0938. The van der Waals surface area contributed by atoms with Gasteiger partial charge in [0.25, 0.3) is 5.91 Å². The summed E-state index contributed by atoms with van der Waals surface area (Å²) < 4.78 is 1.09. The first-order valence-electron chi connectivity index (χ1n) is 8.03. The van der Waals surface area contributed by atoms with Crippen LogP contribution in [0.4, 0.5) is 0 Å². The first kappa shape index (κ1) is 15.8. The van der Waals surface area contributed by atoms with Gasteiger partial charge < -0.3 is 4.90 Å². The van der Waals surface area contributed by atoms with E-state index in [1.165, 1.54) is 4.88 Å². The second kappa shape index (κ2) is 6.30. The number of halogens is 1. The van der Waals surface area contributed by atoms with Crippen LogP contribution >= 0.6 is 27.3 Å². The van der Waals surface area contributed by atoms with E-state index >= 15 is 0 Å². The number of benzene rings is 1. The highest BCUT2D eigenvalue weighted by atomic mass is 79.9. The number of aromatic nitrogens is 1. The topological polar surface area (TPSA) is 33.2 Å². The second-order valence-corrected chi connectivity index (χ2v) is 8.70. The van der Waals surface area contributed by atoms with E-state index in [-0.39, 0.29) is 5.91 Å². The molecule has 4 rings (SSSR count). The van der Waals surface area contributed by atoms with Crippen molar-refractivity contribution in [1.29, 1.82) is 0 Å². The molecule has 0 N–H and O–H groups in total. The molecule has 3 aromatic rings. The molecule has 0 fully saturated rings. The Morgan fingerprint density at radius 2 is 2.08 bits per heavy atom. The van der Waals surface area contributed by atoms with E-state index in [0.29, 0.717) is 6.54 Å². The maximum Gasteiger partial charge on any atom is 0.254 e. The first-order chi connectivity index (χ1) is 11.6. The molecule has 24 heavy (non-hydrogen) atoms. The fourth-order valence-corrected chi connectivity index (χ4v) is 4.93.